The van der Waals surface area contributed by atoms with Crippen molar-refractivity contribution in [2.75, 3.05) is 19.8 Å². The average Bonchev–Trinajstić information content (AvgIpc) is 2.69. The van der Waals surface area contributed by atoms with Crippen LogP contribution in [0.15, 0.2) is 48.8 Å². The fourth-order valence-electron chi connectivity index (χ4n) is 3.23. The van der Waals surface area contributed by atoms with E-state index < -0.39 is 5.41 Å². The Morgan fingerprint density at radius 2 is 1.67 bits per heavy atom. The number of nitrogens with two attached hydrogens (primary N) is 1. The summed E-state index contributed by atoms with van der Waals surface area (Å²) in [5, 5.41) is 3.13. The molecule has 2 heterocycles. The zero-order valence-corrected chi connectivity index (χ0v) is 17.0. The molecule has 1 unspecified atom stereocenters. The Morgan fingerprint density at radius 3 is 2.22 bits per heavy atom. The Bertz CT molecular complexity index is 705. The molecule has 1 aliphatic rings. The van der Waals surface area contributed by atoms with Gasteiger partial charge in [0.25, 0.3) is 0 Å². The molecule has 1 atom stereocenters. The molecule has 0 saturated carbocycles. The van der Waals surface area contributed by atoms with Crippen molar-refractivity contribution < 1.29 is 9.53 Å². The predicted molar refractivity (Wildman–Crippen MR) is 112 cm³/mol. The minimum absolute atomic E-state index is 0. The Morgan fingerprint density at radius 1 is 1.11 bits per heavy atom. The van der Waals surface area contributed by atoms with E-state index in [4.69, 9.17) is 10.5 Å². The summed E-state index contributed by atoms with van der Waals surface area (Å²) in [6.45, 7) is 3.55. The maximum Gasteiger partial charge on any atom is 0.228 e. The van der Waals surface area contributed by atoms with Crippen LogP contribution in [0.5, 0.6) is 0 Å². The molecule has 1 aliphatic heterocycles. The van der Waals surface area contributed by atoms with Crippen LogP contribution in [0, 0.1) is 5.41 Å². The summed E-state index contributed by atoms with van der Waals surface area (Å²) >= 11 is 0. The quantitative estimate of drug-likeness (QED) is 0.788. The van der Waals surface area contributed by atoms with Crippen LogP contribution in [0.25, 0.3) is 11.1 Å². The van der Waals surface area contributed by atoms with Crippen LogP contribution in [0.2, 0.25) is 0 Å². The Balaban J connectivity index is 0.00000182. The van der Waals surface area contributed by atoms with Gasteiger partial charge < -0.3 is 15.8 Å². The van der Waals surface area contributed by atoms with Gasteiger partial charge in [0.15, 0.2) is 0 Å². The first-order valence-corrected chi connectivity index (χ1v) is 8.74. The van der Waals surface area contributed by atoms with E-state index in [1.165, 1.54) is 0 Å². The van der Waals surface area contributed by atoms with E-state index in [9.17, 15) is 4.79 Å². The number of rotatable bonds is 5. The van der Waals surface area contributed by atoms with Crippen molar-refractivity contribution in [3.05, 3.63) is 54.4 Å². The van der Waals surface area contributed by atoms with Gasteiger partial charge in [-0.2, -0.15) is 0 Å². The smallest absolute Gasteiger partial charge is 0.228 e. The lowest BCUT2D eigenvalue weighted by Gasteiger charge is -2.35. The van der Waals surface area contributed by atoms with Crippen LogP contribution in [0.3, 0.4) is 0 Å². The molecule has 0 radical (unpaired) electrons. The third-order valence-corrected chi connectivity index (χ3v) is 5.09. The number of halogens is 2. The predicted octanol–water partition coefficient (Wildman–Crippen LogP) is 3.52. The number of aromatic nitrogens is 1. The average molecular weight is 412 g/mol. The molecule has 27 heavy (non-hydrogen) atoms. The maximum absolute atomic E-state index is 12.8. The number of amides is 1. The van der Waals surface area contributed by atoms with Gasteiger partial charge in [-0.3, -0.25) is 9.78 Å². The maximum atomic E-state index is 12.8. The van der Waals surface area contributed by atoms with Gasteiger partial charge in [0, 0.05) is 32.2 Å². The number of benzene rings is 1. The highest BCUT2D eigenvalue weighted by atomic mass is 35.5. The van der Waals surface area contributed by atoms with E-state index in [0.717, 1.165) is 16.7 Å². The summed E-state index contributed by atoms with van der Waals surface area (Å²) in [6.07, 6.45) is 4.94. The first kappa shape index (κ1) is 23.4. The number of nitrogens with one attached hydrogen (secondary N) is 1. The fourth-order valence-corrected chi connectivity index (χ4v) is 3.23. The van der Waals surface area contributed by atoms with Crippen LogP contribution in [0.1, 0.15) is 31.4 Å². The first-order valence-electron chi connectivity index (χ1n) is 8.74. The summed E-state index contributed by atoms with van der Waals surface area (Å²) in [7, 11) is 0. The molecule has 5 nitrogen and oxygen atoms in total. The largest absolute Gasteiger partial charge is 0.381 e. The topological polar surface area (TPSA) is 77.2 Å². The van der Waals surface area contributed by atoms with Gasteiger partial charge in [0.1, 0.15) is 0 Å². The molecule has 1 aromatic carbocycles. The first-order chi connectivity index (χ1) is 12.1. The monoisotopic (exact) mass is 411 g/mol. The number of ether oxygens (including phenoxy) is 1. The summed E-state index contributed by atoms with van der Waals surface area (Å²) in [4.78, 5) is 16.8. The van der Waals surface area contributed by atoms with Crippen molar-refractivity contribution in [1.29, 1.82) is 0 Å². The van der Waals surface area contributed by atoms with Crippen LogP contribution < -0.4 is 11.1 Å². The van der Waals surface area contributed by atoms with Gasteiger partial charge in [-0.25, -0.2) is 0 Å². The van der Waals surface area contributed by atoms with Gasteiger partial charge in [-0.15, -0.1) is 24.8 Å². The zero-order chi connectivity index (χ0) is 17.7. The van der Waals surface area contributed by atoms with Gasteiger partial charge in [0.05, 0.1) is 11.5 Å². The molecule has 1 fully saturated rings. The van der Waals surface area contributed by atoms with Crippen molar-refractivity contribution in [2.24, 2.45) is 11.1 Å². The zero-order valence-electron chi connectivity index (χ0n) is 15.4. The molecule has 0 bridgehead atoms. The van der Waals surface area contributed by atoms with Crippen LogP contribution >= 0.6 is 24.8 Å². The Kier molecular flexibility index (Phi) is 9.19. The standard InChI is InChI=1S/C20H25N3O2.2ClH/c1-15(23-19(24)20(14-21)8-12-25-13-9-20)16-2-4-17(5-3-16)18-6-10-22-11-7-18;;/h2-7,10-11,15H,8-9,12-14,21H2,1H3,(H,23,24);2*1H. The summed E-state index contributed by atoms with van der Waals surface area (Å²) in [5.74, 6) is 0.0315. The van der Waals surface area contributed by atoms with E-state index in [1.54, 1.807) is 12.4 Å². The van der Waals surface area contributed by atoms with Crippen LogP contribution in [0.4, 0.5) is 0 Å². The number of pyridine rings is 1. The summed E-state index contributed by atoms with van der Waals surface area (Å²) in [6, 6.07) is 12.2. The Hall–Kier alpha value is -1.66. The molecule has 1 amide bonds. The highest BCUT2D eigenvalue weighted by molar-refractivity contribution is 5.85. The third-order valence-electron chi connectivity index (χ3n) is 5.09. The lowest BCUT2D eigenvalue weighted by molar-refractivity contribution is -0.136. The lowest BCUT2D eigenvalue weighted by Crippen LogP contribution is -2.49. The molecular formula is C20H27Cl2N3O2. The van der Waals surface area contributed by atoms with Crippen molar-refractivity contribution in [1.82, 2.24) is 10.3 Å². The minimum atomic E-state index is -0.497. The second-order valence-electron chi connectivity index (χ2n) is 6.65. The molecule has 1 saturated heterocycles. The second-order valence-corrected chi connectivity index (χ2v) is 6.65. The number of nitrogens with zero attached hydrogens (tertiary/aromatic N) is 1. The molecule has 2 aromatic rings. The minimum Gasteiger partial charge on any atom is -0.381 e. The van der Waals surface area contributed by atoms with Crippen molar-refractivity contribution in [2.45, 2.75) is 25.8 Å². The summed E-state index contributed by atoms with van der Waals surface area (Å²) < 4.78 is 5.38. The summed E-state index contributed by atoms with van der Waals surface area (Å²) in [5.41, 5.74) is 8.75. The number of carbonyl (C=O) groups excluding carboxylic acids is 1. The van der Waals surface area contributed by atoms with Crippen molar-refractivity contribution in [3.8, 4) is 11.1 Å². The highest BCUT2D eigenvalue weighted by Gasteiger charge is 2.39. The third kappa shape index (κ3) is 5.42. The van der Waals surface area contributed by atoms with E-state index in [-0.39, 0.29) is 36.8 Å². The van der Waals surface area contributed by atoms with E-state index >= 15 is 0 Å². The van der Waals surface area contributed by atoms with Gasteiger partial charge in [-0.1, -0.05) is 24.3 Å². The van der Waals surface area contributed by atoms with Crippen LogP contribution in [-0.2, 0) is 9.53 Å². The molecule has 1 aromatic heterocycles. The molecule has 3 N–H and O–H groups in total. The van der Waals surface area contributed by atoms with E-state index in [2.05, 4.69) is 34.6 Å². The molecule has 0 aliphatic carbocycles. The van der Waals surface area contributed by atoms with Crippen molar-refractivity contribution in [3.63, 3.8) is 0 Å². The molecular weight excluding hydrogens is 385 g/mol. The fraction of sp³-hybridized carbons (Fsp3) is 0.400. The van der Waals surface area contributed by atoms with E-state index in [1.807, 2.05) is 19.1 Å². The molecule has 0 spiro atoms. The van der Waals surface area contributed by atoms with Gasteiger partial charge in [-0.05, 0) is 48.6 Å². The number of carbonyl (C=O) groups is 1. The van der Waals surface area contributed by atoms with E-state index in [0.29, 0.717) is 32.6 Å². The Labute approximate surface area is 172 Å². The molecule has 7 heteroatoms. The van der Waals surface area contributed by atoms with Gasteiger partial charge in [0.2, 0.25) is 5.91 Å². The number of hydrogen-bond donors (Lipinski definition) is 2. The normalized spacial score (nSPS) is 16.4. The molecule has 148 valence electrons. The highest BCUT2D eigenvalue weighted by Crippen LogP contribution is 2.30. The second kappa shape index (κ2) is 10.6. The SMILES string of the molecule is CC(NC(=O)C1(CN)CCOCC1)c1ccc(-c2ccncc2)cc1.Cl.Cl. The van der Waals surface area contributed by atoms with Crippen molar-refractivity contribution >= 4 is 30.7 Å². The number of hydrogen-bond acceptors (Lipinski definition) is 4. The van der Waals surface area contributed by atoms with Gasteiger partial charge >= 0.3 is 0 Å². The molecule has 3 rings (SSSR count). The lowest BCUT2D eigenvalue weighted by atomic mass is 9.79. The van der Waals surface area contributed by atoms with Crippen LogP contribution in [-0.4, -0.2) is 30.6 Å².